The molecule has 0 saturated carbocycles. The van der Waals surface area contributed by atoms with Gasteiger partial charge >= 0.3 is 0 Å². The Bertz CT molecular complexity index is 554. The van der Waals surface area contributed by atoms with Crippen LogP contribution >= 0.6 is 22.9 Å². The van der Waals surface area contributed by atoms with E-state index in [0.29, 0.717) is 5.15 Å². The van der Waals surface area contributed by atoms with E-state index in [1.165, 1.54) is 4.88 Å². The van der Waals surface area contributed by atoms with Gasteiger partial charge in [-0.05, 0) is 25.3 Å². The van der Waals surface area contributed by atoms with Crippen LogP contribution in [0.15, 0.2) is 17.5 Å². The number of hydrogen-bond donors (Lipinski definition) is 0. The van der Waals surface area contributed by atoms with Crippen LogP contribution in [0.1, 0.15) is 36.2 Å². The van der Waals surface area contributed by atoms with Gasteiger partial charge in [-0.25, -0.2) is 9.97 Å². The Morgan fingerprint density at radius 2 is 2.16 bits per heavy atom. The number of thiophene rings is 1. The van der Waals surface area contributed by atoms with E-state index in [-0.39, 0.29) is 6.04 Å². The van der Waals surface area contributed by atoms with Gasteiger partial charge in [0, 0.05) is 23.9 Å². The fraction of sp³-hybridized carbons (Fsp3) is 0.429. The summed E-state index contributed by atoms with van der Waals surface area (Å²) >= 11 is 7.95. The Balaban J connectivity index is 2.38. The second kappa shape index (κ2) is 5.88. The number of aromatic nitrogens is 2. The molecular formula is C14H18ClN3S. The molecule has 102 valence electrons. The van der Waals surface area contributed by atoms with Crippen molar-refractivity contribution in [3.05, 3.63) is 38.9 Å². The van der Waals surface area contributed by atoms with Gasteiger partial charge in [0.2, 0.25) is 0 Å². The van der Waals surface area contributed by atoms with Crippen LogP contribution in [0.25, 0.3) is 0 Å². The molecule has 1 atom stereocenters. The Labute approximate surface area is 123 Å². The summed E-state index contributed by atoms with van der Waals surface area (Å²) in [6.45, 7) is 6.18. The van der Waals surface area contributed by atoms with E-state index in [0.717, 1.165) is 23.6 Å². The molecule has 5 heteroatoms. The molecule has 1 unspecified atom stereocenters. The smallest absolute Gasteiger partial charge is 0.137 e. The normalized spacial score (nSPS) is 12.5. The predicted molar refractivity (Wildman–Crippen MR) is 82.3 cm³/mol. The first-order valence-corrected chi connectivity index (χ1v) is 7.59. The number of aryl methyl sites for hydroxylation is 1. The third-order valence-corrected chi connectivity index (χ3v) is 4.70. The Hall–Kier alpha value is -1.13. The standard InChI is InChI=1S/C14H18ClN3S/c1-5-12-16-13(15)9(2)14(17-12)18(4)10(3)11-7-6-8-19-11/h6-8,10H,5H2,1-4H3. The van der Waals surface area contributed by atoms with Crippen molar-refractivity contribution in [1.29, 1.82) is 0 Å². The minimum Gasteiger partial charge on any atom is -0.352 e. The molecule has 0 spiro atoms. The van der Waals surface area contributed by atoms with Gasteiger partial charge < -0.3 is 4.90 Å². The zero-order valence-corrected chi connectivity index (χ0v) is 13.2. The summed E-state index contributed by atoms with van der Waals surface area (Å²) in [6, 6.07) is 4.49. The van der Waals surface area contributed by atoms with E-state index in [9.17, 15) is 0 Å². The first-order chi connectivity index (χ1) is 9.04. The number of hydrogen-bond acceptors (Lipinski definition) is 4. The lowest BCUT2D eigenvalue weighted by molar-refractivity contribution is 0.730. The highest BCUT2D eigenvalue weighted by Gasteiger charge is 2.18. The molecule has 0 fully saturated rings. The van der Waals surface area contributed by atoms with Crippen LogP contribution in [-0.4, -0.2) is 17.0 Å². The van der Waals surface area contributed by atoms with Gasteiger partial charge in [0.25, 0.3) is 0 Å². The summed E-state index contributed by atoms with van der Waals surface area (Å²) in [5.74, 6) is 1.70. The molecule has 0 aromatic carbocycles. The van der Waals surface area contributed by atoms with Crippen LogP contribution < -0.4 is 4.90 Å². The van der Waals surface area contributed by atoms with Crippen molar-refractivity contribution in [3.63, 3.8) is 0 Å². The quantitative estimate of drug-likeness (QED) is 0.789. The maximum atomic E-state index is 6.20. The first kappa shape index (κ1) is 14.3. The van der Waals surface area contributed by atoms with Gasteiger partial charge in [-0.2, -0.15) is 0 Å². The number of anilines is 1. The second-order valence-corrected chi connectivity index (χ2v) is 5.87. The molecule has 2 rings (SSSR count). The lowest BCUT2D eigenvalue weighted by atomic mass is 10.2. The highest BCUT2D eigenvalue weighted by Crippen LogP contribution is 2.31. The molecule has 0 N–H and O–H groups in total. The summed E-state index contributed by atoms with van der Waals surface area (Å²) in [7, 11) is 2.05. The van der Waals surface area contributed by atoms with Crippen molar-refractivity contribution in [3.8, 4) is 0 Å². The van der Waals surface area contributed by atoms with Gasteiger partial charge in [0.05, 0.1) is 6.04 Å². The van der Waals surface area contributed by atoms with Crippen molar-refractivity contribution >= 4 is 28.8 Å². The molecule has 2 heterocycles. The fourth-order valence-electron chi connectivity index (χ4n) is 1.93. The topological polar surface area (TPSA) is 29.0 Å². The highest BCUT2D eigenvalue weighted by atomic mass is 35.5. The fourth-order valence-corrected chi connectivity index (χ4v) is 2.93. The van der Waals surface area contributed by atoms with Crippen LogP contribution in [0.2, 0.25) is 5.15 Å². The summed E-state index contributed by atoms with van der Waals surface area (Å²) in [4.78, 5) is 12.4. The third-order valence-electron chi connectivity index (χ3n) is 3.29. The zero-order chi connectivity index (χ0) is 14.0. The molecular weight excluding hydrogens is 278 g/mol. The van der Waals surface area contributed by atoms with Crippen LogP contribution in [0.4, 0.5) is 5.82 Å². The Morgan fingerprint density at radius 1 is 1.42 bits per heavy atom. The molecule has 0 saturated heterocycles. The molecule has 0 amide bonds. The maximum Gasteiger partial charge on any atom is 0.137 e. The molecule has 2 aromatic rings. The van der Waals surface area contributed by atoms with Gasteiger partial charge in [-0.15, -0.1) is 11.3 Å². The lowest BCUT2D eigenvalue weighted by Crippen LogP contribution is -2.23. The van der Waals surface area contributed by atoms with E-state index < -0.39 is 0 Å². The minimum atomic E-state index is 0.273. The van der Waals surface area contributed by atoms with Gasteiger partial charge in [-0.3, -0.25) is 0 Å². The summed E-state index contributed by atoms with van der Waals surface area (Å²) in [6.07, 6.45) is 0.786. The third kappa shape index (κ3) is 2.90. The molecule has 0 aliphatic carbocycles. The molecule has 19 heavy (non-hydrogen) atoms. The Kier molecular flexibility index (Phi) is 4.42. The summed E-state index contributed by atoms with van der Waals surface area (Å²) in [5, 5.41) is 2.64. The lowest BCUT2D eigenvalue weighted by Gasteiger charge is -2.27. The highest BCUT2D eigenvalue weighted by molar-refractivity contribution is 7.10. The largest absolute Gasteiger partial charge is 0.352 e. The molecule has 0 aliphatic rings. The van der Waals surface area contributed by atoms with Gasteiger partial charge in [0.15, 0.2) is 0 Å². The average molecular weight is 296 g/mol. The summed E-state index contributed by atoms with van der Waals surface area (Å²) < 4.78 is 0. The van der Waals surface area contributed by atoms with Crippen molar-refractivity contribution in [1.82, 2.24) is 9.97 Å². The Morgan fingerprint density at radius 3 is 2.74 bits per heavy atom. The average Bonchev–Trinajstić information content (AvgIpc) is 2.94. The van der Waals surface area contributed by atoms with Gasteiger partial charge in [0.1, 0.15) is 16.8 Å². The molecule has 0 bridgehead atoms. The van der Waals surface area contributed by atoms with E-state index in [4.69, 9.17) is 11.6 Å². The molecule has 0 radical (unpaired) electrons. The molecule has 2 aromatic heterocycles. The van der Waals surface area contributed by atoms with E-state index >= 15 is 0 Å². The maximum absolute atomic E-state index is 6.20. The zero-order valence-electron chi connectivity index (χ0n) is 11.6. The molecule has 3 nitrogen and oxygen atoms in total. The number of halogens is 1. The van der Waals surface area contributed by atoms with Crippen molar-refractivity contribution in [2.75, 3.05) is 11.9 Å². The van der Waals surface area contributed by atoms with Crippen molar-refractivity contribution in [2.24, 2.45) is 0 Å². The van der Waals surface area contributed by atoms with Crippen LogP contribution in [0.3, 0.4) is 0 Å². The number of nitrogens with zero attached hydrogens (tertiary/aromatic N) is 3. The first-order valence-electron chi connectivity index (χ1n) is 6.33. The predicted octanol–water partition coefficient (Wildman–Crippen LogP) is 4.26. The van der Waals surface area contributed by atoms with Gasteiger partial charge in [-0.1, -0.05) is 24.6 Å². The van der Waals surface area contributed by atoms with Crippen molar-refractivity contribution < 1.29 is 0 Å². The van der Waals surface area contributed by atoms with Crippen LogP contribution in [0, 0.1) is 6.92 Å². The molecule has 0 aliphatic heterocycles. The van der Waals surface area contributed by atoms with Crippen molar-refractivity contribution in [2.45, 2.75) is 33.2 Å². The number of rotatable bonds is 4. The van der Waals surface area contributed by atoms with Crippen LogP contribution in [0.5, 0.6) is 0 Å². The SMILES string of the molecule is CCc1nc(Cl)c(C)c(N(C)C(C)c2cccs2)n1. The van der Waals surface area contributed by atoms with E-state index in [1.807, 2.05) is 13.8 Å². The summed E-state index contributed by atoms with van der Waals surface area (Å²) in [5.41, 5.74) is 0.935. The van der Waals surface area contributed by atoms with Crippen LogP contribution in [-0.2, 0) is 6.42 Å². The second-order valence-electron chi connectivity index (χ2n) is 4.54. The van der Waals surface area contributed by atoms with E-state index in [1.54, 1.807) is 11.3 Å². The monoisotopic (exact) mass is 295 g/mol. The van der Waals surface area contributed by atoms with E-state index in [2.05, 4.69) is 46.4 Å². The minimum absolute atomic E-state index is 0.273.